The molecule has 0 radical (unpaired) electrons. The van der Waals surface area contributed by atoms with Gasteiger partial charge in [0.25, 0.3) is 0 Å². The van der Waals surface area contributed by atoms with Crippen molar-refractivity contribution in [2.45, 2.75) is 193 Å². The number of hydrogen-bond acceptors (Lipinski definition) is 7. The van der Waals surface area contributed by atoms with Crippen molar-refractivity contribution in [3.8, 4) is 0 Å². The van der Waals surface area contributed by atoms with E-state index in [9.17, 15) is 19.0 Å². The molecular formula is C35H69O8P. The Morgan fingerprint density at radius 3 is 1.25 bits per heavy atom. The molecule has 0 aliphatic rings. The maximum absolute atomic E-state index is 12.4. The standard InChI is InChI=1S/C35H69O8P/c1-4-6-8-10-12-14-16-18-20-22-24-26-28-30-35(37)43-33(32-42-44(38,39)40-3)31-41-34(36)29-27-25-23-21-19-17-15-13-11-9-7-5-2/h33H,4-32H2,1-3H3,(H,38,39). The average molecular weight is 649 g/mol. The summed E-state index contributed by atoms with van der Waals surface area (Å²) in [6.07, 6.45) is 30.0. The summed E-state index contributed by atoms with van der Waals surface area (Å²) in [6.45, 7) is 3.88. The number of unbranched alkanes of at least 4 members (excludes halogenated alkanes) is 23. The molecule has 8 nitrogen and oxygen atoms in total. The lowest BCUT2D eigenvalue weighted by Crippen LogP contribution is -2.29. The fourth-order valence-corrected chi connectivity index (χ4v) is 5.71. The lowest BCUT2D eigenvalue weighted by Gasteiger charge is -2.19. The fourth-order valence-electron chi connectivity index (χ4n) is 5.25. The zero-order chi connectivity index (χ0) is 32.6. The van der Waals surface area contributed by atoms with E-state index in [0.717, 1.165) is 45.6 Å². The highest BCUT2D eigenvalue weighted by Crippen LogP contribution is 2.42. The number of esters is 2. The number of rotatable bonds is 34. The van der Waals surface area contributed by atoms with Crippen molar-refractivity contribution in [2.24, 2.45) is 0 Å². The summed E-state index contributed by atoms with van der Waals surface area (Å²) in [7, 11) is -3.18. The summed E-state index contributed by atoms with van der Waals surface area (Å²) in [5, 5.41) is 0. The van der Waals surface area contributed by atoms with Gasteiger partial charge in [-0.2, -0.15) is 0 Å². The van der Waals surface area contributed by atoms with Gasteiger partial charge in [0.15, 0.2) is 6.10 Å². The van der Waals surface area contributed by atoms with Crippen LogP contribution in [0.1, 0.15) is 187 Å². The van der Waals surface area contributed by atoms with Gasteiger partial charge >= 0.3 is 19.8 Å². The van der Waals surface area contributed by atoms with E-state index >= 15 is 0 Å². The molecule has 1 N–H and O–H groups in total. The molecule has 262 valence electrons. The van der Waals surface area contributed by atoms with Crippen molar-refractivity contribution < 1.29 is 37.6 Å². The van der Waals surface area contributed by atoms with Gasteiger partial charge in [0.1, 0.15) is 6.61 Å². The predicted octanol–water partition coefficient (Wildman–Crippen LogP) is 10.8. The SMILES string of the molecule is CCCCCCCCCCCCCCCC(=O)OC(COC(=O)CCCCCCCCCCCCCC)COP(=O)(O)OC. The summed E-state index contributed by atoms with van der Waals surface area (Å²) in [4.78, 5) is 34.2. The average Bonchev–Trinajstić information content (AvgIpc) is 3.01. The monoisotopic (exact) mass is 648 g/mol. The third-order valence-corrected chi connectivity index (χ3v) is 9.04. The van der Waals surface area contributed by atoms with Crippen LogP contribution in [-0.2, 0) is 32.7 Å². The third kappa shape index (κ3) is 31.0. The molecule has 0 aliphatic carbocycles. The minimum absolute atomic E-state index is 0.217. The smallest absolute Gasteiger partial charge is 0.462 e. The van der Waals surface area contributed by atoms with Gasteiger partial charge in [0, 0.05) is 20.0 Å². The van der Waals surface area contributed by atoms with Gasteiger partial charge in [-0.1, -0.05) is 162 Å². The molecule has 0 spiro atoms. The number of ether oxygens (including phenoxy) is 2. The molecule has 9 heteroatoms. The summed E-state index contributed by atoms with van der Waals surface area (Å²) in [5.41, 5.74) is 0. The molecule has 0 amide bonds. The Hall–Kier alpha value is -0.950. The van der Waals surface area contributed by atoms with Crippen molar-refractivity contribution in [3.05, 3.63) is 0 Å². The number of hydrogen-bond donors (Lipinski definition) is 1. The largest absolute Gasteiger partial charge is 0.472 e. The van der Waals surface area contributed by atoms with E-state index < -0.39 is 26.5 Å². The molecule has 0 aliphatic heterocycles. The summed E-state index contributed by atoms with van der Waals surface area (Å²) in [5.74, 6) is -0.794. The van der Waals surface area contributed by atoms with E-state index in [1.54, 1.807) is 0 Å². The predicted molar refractivity (Wildman–Crippen MR) is 180 cm³/mol. The first-order valence-electron chi connectivity index (χ1n) is 18.2. The van der Waals surface area contributed by atoms with Crippen LogP contribution in [0.4, 0.5) is 0 Å². The zero-order valence-electron chi connectivity index (χ0n) is 28.8. The number of carbonyl (C=O) groups excluding carboxylic acids is 2. The summed E-state index contributed by atoms with van der Waals surface area (Å²) in [6, 6.07) is 0. The van der Waals surface area contributed by atoms with Crippen LogP contribution in [0, 0.1) is 0 Å². The first-order valence-corrected chi connectivity index (χ1v) is 19.7. The van der Waals surface area contributed by atoms with Crippen LogP contribution in [0.3, 0.4) is 0 Å². The number of carbonyl (C=O) groups is 2. The Kier molecular flexibility index (Phi) is 31.3. The second kappa shape index (κ2) is 32.0. The number of phosphoric ester groups is 1. The number of phosphoric acid groups is 1. The van der Waals surface area contributed by atoms with Gasteiger partial charge in [-0.3, -0.25) is 18.6 Å². The van der Waals surface area contributed by atoms with Crippen molar-refractivity contribution in [1.82, 2.24) is 0 Å². The van der Waals surface area contributed by atoms with Gasteiger partial charge in [-0.15, -0.1) is 0 Å². The first-order chi connectivity index (χ1) is 21.3. The summed E-state index contributed by atoms with van der Waals surface area (Å²) >= 11 is 0. The van der Waals surface area contributed by atoms with E-state index in [-0.39, 0.29) is 19.0 Å². The Balaban J connectivity index is 4.05. The summed E-state index contributed by atoms with van der Waals surface area (Å²) < 4.78 is 31.8. The van der Waals surface area contributed by atoms with E-state index in [1.165, 1.54) is 122 Å². The van der Waals surface area contributed by atoms with E-state index in [2.05, 4.69) is 18.4 Å². The molecule has 0 aromatic rings. The van der Waals surface area contributed by atoms with Crippen molar-refractivity contribution >= 4 is 19.8 Å². The molecule has 0 fully saturated rings. The van der Waals surface area contributed by atoms with Crippen LogP contribution < -0.4 is 0 Å². The van der Waals surface area contributed by atoms with Gasteiger partial charge < -0.3 is 14.4 Å². The Morgan fingerprint density at radius 1 is 0.545 bits per heavy atom. The second-order valence-electron chi connectivity index (χ2n) is 12.4. The van der Waals surface area contributed by atoms with Gasteiger partial charge in [-0.25, -0.2) is 4.57 Å². The quantitative estimate of drug-likeness (QED) is 0.0417. The van der Waals surface area contributed by atoms with Crippen LogP contribution in [0.25, 0.3) is 0 Å². The zero-order valence-corrected chi connectivity index (χ0v) is 29.7. The lowest BCUT2D eigenvalue weighted by atomic mass is 10.0. The topological polar surface area (TPSA) is 108 Å². The first kappa shape index (κ1) is 43.0. The molecule has 2 unspecified atom stereocenters. The molecule has 0 saturated heterocycles. The highest BCUT2D eigenvalue weighted by Gasteiger charge is 2.24. The molecule has 0 heterocycles. The molecule has 44 heavy (non-hydrogen) atoms. The maximum Gasteiger partial charge on any atom is 0.472 e. The molecule has 0 rings (SSSR count). The highest BCUT2D eigenvalue weighted by atomic mass is 31.2. The van der Waals surface area contributed by atoms with Crippen LogP contribution >= 0.6 is 7.82 Å². The van der Waals surface area contributed by atoms with Crippen molar-refractivity contribution in [2.75, 3.05) is 20.3 Å². The second-order valence-corrected chi connectivity index (χ2v) is 13.9. The van der Waals surface area contributed by atoms with Gasteiger partial charge in [0.05, 0.1) is 6.61 Å². The molecular weight excluding hydrogens is 579 g/mol. The van der Waals surface area contributed by atoms with Crippen LogP contribution in [-0.4, -0.2) is 43.3 Å². The van der Waals surface area contributed by atoms with Crippen LogP contribution in [0.15, 0.2) is 0 Å². The van der Waals surface area contributed by atoms with E-state index in [1.807, 2.05) is 0 Å². The lowest BCUT2D eigenvalue weighted by molar-refractivity contribution is -0.161. The molecule has 0 saturated carbocycles. The maximum atomic E-state index is 12.4. The van der Waals surface area contributed by atoms with Crippen molar-refractivity contribution in [3.63, 3.8) is 0 Å². The van der Waals surface area contributed by atoms with Crippen LogP contribution in [0.2, 0.25) is 0 Å². The fraction of sp³-hybridized carbons (Fsp3) is 0.943. The Morgan fingerprint density at radius 2 is 0.886 bits per heavy atom. The normalized spacial score (nSPS) is 13.5. The minimum atomic E-state index is -4.24. The molecule has 0 bridgehead atoms. The molecule has 0 aromatic heterocycles. The third-order valence-electron chi connectivity index (χ3n) is 8.10. The Bertz CT molecular complexity index is 702. The van der Waals surface area contributed by atoms with Crippen LogP contribution in [0.5, 0.6) is 0 Å². The highest BCUT2D eigenvalue weighted by molar-refractivity contribution is 7.47. The molecule has 2 atom stereocenters. The van der Waals surface area contributed by atoms with Gasteiger partial charge in [0.2, 0.25) is 0 Å². The minimum Gasteiger partial charge on any atom is -0.462 e. The van der Waals surface area contributed by atoms with E-state index in [4.69, 9.17) is 14.0 Å². The molecule has 0 aromatic carbocycles. The van der Waals surface area contributed by atoms with Crippen molar-refractivity contribution in [1.29, 1.82) is 0 Å². The van der Waals surface area contributed by atoms with Gasteiger partial charge in [-0.05, 0) is 12.8 Å². The Labute approximate surface area is 270 Å². The van der Waals surface area contributed by atoms with E-state index in [0.29, 0.717) is 6.42 Å².